The summed E-state index contributed by atoms with van der Waals surface area (Å²) in [5.74, 6) is -0.260. The minimum absolute atomic E-state index is 0.0446. The standard InChI is InChI=1S/C13H18N6O3/c1-4-17-11(5-6-15-17)7-14-12(20)8-18-10(3)13(19(21)22)9(2)16-18/h5-6H,4,7-8H2,1-3H3,(H,14,20). The van der Waals surface area contributed by atoms with E-state index in [4.69, 9.17) is 0 Å². The highest BCUT2D eigenvalue weighted by Crippen LogP contribution is 2.21. The summed E-state index contributed by atoms with van der Waals surface area (Å²) >= 11 is 0. The topological polar surface area (TPSA) is 108 Å². The molecule has 0 atom stereocenters. The predicted molar refractivity (Wildman–Crippen MR) is 78.1 cm³/mol. The fourth-order valence-electron chi connectivity index (χ4n) is 2.28. The third kappa shape index (κ3) is 3.13. The number of carbonyl (C=O) groups excluding carboxylic acids is 1. The molecule has 2 heterocycles. The molecule has 2 rings (SSSR count). The van der Waals surface area contributed by atoms with Crippen LogP contribution in [0.1, 0.15) is 24.0 Å². The van der Waals surface area contributed by atoms with Crippen LogP contribution in [0.25, 0.3) is 0 Å². The normalized spacial score (nSPS) is 10.7. The third-order valence-corrected chi connectivity index (χ3v) is 3.39. The Bertz CT molecular complexity index is 703. The summed E-state index contributed by atoms with van der Waals surface area (Å²) in [4.78, 5) is 22.4. The van der Waals surface area contributed by atoms with Crippen LogP contribution in [0.3, 0.4) is 0 Å². The van der Waals surface area contributed by atoms with E-state index in [9.17, 15) is 14.9 Å². The molecule has 0 saturated carbocycles. The van der Waals surface area contributed by atoms with Gasteiger partial charge in [0.2, 0.25) is 5.91 Å². The Morgan fingerprint density at radius 1 is 1.41 bits per heavy atom. The average Bonchev–Trinajstić information content (AvgIpc) is 3.01. The van der Waals surface area contributed by atoms with Crippen LogP contribution in [0.5, 0.6) is 0 Å². The van der Waals surface area contributed by atoms with Crippen LogP contribution in [0.15, 0.2) is 12.3 Å². The first kappa shape index (κ1) is 15.7. The maximum Gasteiger partial charge on any atom is 0.312 e. The smallest absolute Gasteiger partial charge is 0.312 e. The van der Waals surface area contributed by atoms with Crippen LogP contribution in [-0.2, 0) is 24.4 Å². The van der Waals surface area contributed by atoms with Crippen molar-refractivity contribution in [2.24, 2.45) is 0 Å². The first-order valence-corrected chi connectivity index (χ1v) is 6.89. The fourth-order valence-corrected chi connectivity index (χ4v) is 2.28. The molecule has 0 aromatic carbocycles. The van der Waals surface area contributed by atoms with Gasteiger partial charge in [-0.25, -0.2) is 0 Å². The Balaban J connectivity index is 2.01. The number of rotatable bonds is 6. The van der Waals surface area contributed by atoms with Gasteiger partial charge in [0.05, 0.1) is 17.2 Å². The molecule has 0 fully saturated rings. The molecular weight excluding hydrogens is 288 g/mol. The molecule has 2 aromatic heterocycles. The zero-order chi connectivity index (χ0) is 16.3. The lowest BCUT2D eigenvalue weighted by atomic mass is 10.3. The highest BCUT2D eigenvalue weighted by atomic mass is 16.6. The first-order valence-electron chi connectivity index (χ1n) is 6.89. The van der Waals surface area contributed by atoms with E-state index < -0.39 is 4.92 Å². The second-order valence-electron chi connectivity index (χ2n) is 4.85. The number of amides is 1. The SMILES string of the molecule is CCn1nccc1CNC(=O)Cn1nc(C)c([N+](=O)[O-])c1C. The second-order valence-corrected chi connectivity index (χ2v) is 4.85. The summed E-state index contributed by atoms with van der Waals surface area (Å²) < 4.78 is 3.13. The molecule has 0 radical (unpaired) electrons. The molecule has 9 heteroatoms. The molecule has 0 saturated heterocycles. The van der Waals surface area contributed by atoms with E-state index in [-0.39, 0.29) is 18.1 Å². The van der Waals surface area contributed by atoms with Gasteiger partial charge in [-0.05, 0) is 26.8 Å². The van der Waals surface area contributed by atoms with Crippen LogP contribution in [0, 0.1) is 24.0 Å². The van der Waals surface area contributed by atoms with Gasteiger partial charge in [-0.1, -0.05) is 0 Å². The van der Waals surface area contributed by atoms with Crippen LogP contribution in [0.4, 0.5) is 5.69 Å². The zero-order valence-corrected chi connectivity index (χ0v) is 12.7. The van der Waals surface area contributed by atoms with Crippen LogP contribution >= 0.6 is 0 Å². The zero-order valence-electron chi connectivity index (χ0n) is 12.7. The summed E-state index contributed by atoms with van der Waals surface area (Å²) in [6, 6.07) is 1.83. The average molecular weight is 306 g/mol. The summed E-state index contributed by atoms with van der Waals surface area (Å²) in [7, 11) is 0. The first-order chi connectivity index (χ1) is 10.4. The van der Waals surface area contributed by atoms with Crippen LogP contribution in [-0.4, -0.2) is 30.4 Å². The molecule has 0 unspecified atom stereocenters. The maximum atomic E-state index is 12.0. The second kappa shape index (κ2) is 6.37. The van der Waals surface area contributed by atoms with Crippen molar-refractivity contribution in [2.75, 3.05) is 0 Å². The molecule has 0 aliphatic heterocycles. The highest BCUT2D eigenvalue weighted by molar-refractivity contribution is 5.75. The lowest BCUT2D eigenvalue weighted by Crippen LogP contribution is -2.29. The maximum absolute atomic E-state index is 12.0. The summed E-state index contributed by atoms with van der Waals surface area (Å²) in [5.41, 5.74) is 1.53. The lowest BCUT2D eigenvalue weighted by Gasteiger charge is -2.07. The van der Waals surface area contributed by atoms with Gasteiger partial charge >= 0.3 is 5.69 Å². The van der Waals surface area contributed by atoms with Crippen molar-refractivity contribution < 1.29 is 9.72 Å². The molecule has 0 aliphatic rings. The van der Waals surface area contributed by atoms with Crippen LogP contribution < -0.4 is 5.32 Å². The Labute approximate surface area is 127 Å². The molecule has 118 valence electrons. The van der Waals surface area contributed by atoms with Gasteiger partial charge in [-0.2, -0.15) is 10.2 Å². The van der Waals surface area contributed by atoms with Gasteiger partial charge in [0.1, 0.15) is 17.9 Å². The van der Waals surface area contributed by atoms with E-state index in [0.29, 0.717) is 17.9 Å². The van der Waals surface area contributed by atoms with Crippen molar-refractivity contribution in [3.63, 3.8) is 0 Å². The Hall–Kier alpha value is -2.71. The molecule has 22 heavy (non-hydrogen) atoms. The molecule has 0 aliphatic carbocycles. The van der Waals surface area contributed by atoms with Gasteiger partial charge in [0.15, 0.2) is 0 Å². The number of nitrogens with one attached hydrogen (secondary N) is 1. The van der Waals surface area contributed by atoms with E-state index >= 15 is 0 Å². The summed E-state index contributed by atoms with van der Waals surface area (Å²) in [6.45, 7) is 6.13. The van der Waals surface area contributed by atoms with Gasteiger partial charge in [-0.3, -0.25) is 24.3 Å². The van der Waals surface area contributed by atoms with Crippen LogP contribution in [0.2, 0.25) is 0 Å². The number of hydrogen-bond acceptors (Lipinski definition) is 5. The van der Waals surface area contributed by atoms with Crippen molar-refractivity contribution in [2.45, 2.75) is 40.4 Å². The number of aromatic nitrogens is 4. The number of carbonyl (C=O) groups is 1. The van der Waals surface area contributed by atoms with Gasteiger partial charge in [0.25, 0.3) is 0 Å². The Kier molecular flexibility index (Phi) is 4.54. The molecule has 1 amide bonds. The van der Waals surface area contributed by atoms with Crippen molar-refractivity contribution in [1.29, 1.82) is 0 Å². The number of nitrogens with zero attached hydrogens (tertiary/aromatic N) is 5. The molecule has 0 spiro atoms. The highest BCUT2D eigenvalue weighted by Gasteiger charge is 2.22. The quantitative estimate of drug-likeness (QED) is 0.631. The van der Waals surface area contributed by atoms with Crippen molar-refractivity contribution in [3.05, 3.63) is 39.5 Å². The van der Waals surface area contributed by atoms with E-state index in [0.717, 1.165) is 12.2 Å². The predicted octanol–water partition coefficient (Wildman–Crippen LogP) is 0.941. The minimum atomic E-state index is -0.480. The molecule has 1 N–H and O–H groups in total. The van der Waals surface area contributed by atoms with Gasteiger partial charge in [0, 0.05) is 12.7 Å². The van der Waals surface area contributed by atoms with Crippen molar-refractivity contribution in [3.8, 4) is 0 Å². The monoisotopic (exact) mass is 306 g/mol. The Morgan fingerprint density at radius 3 is 2.73 bits per heavy atom. The minimum Gasteiger partial charge on any atom is -0.349 e. The van der Waals surface area contributed by atoms with E-state index in [1.165, 1.54) is 4.68 Å². The fraction of sp³-hybridized carbons (Fsp3) is 0.462. The number of aryl methyl sites for hydroxylation is 2. The van der Waals surface area contributed by atoms with E-state index in [1.807, 2.05) is 13.0 Å². The van der Waals surface area contributed by atoms with Crippen molar-refractivity contribution in [1.82, 2.24) is 24.9 Å². The summed E-state index contributed by atoms with van der Waals surface area (Å²) in [6.07, 6.45) is 1.68. The molecule has 9 nitrogen and oxygen atoms in total. The third-order valence-electron chi connectivity index (χ3n) is 3.39. The largest absolute Gasteiger partial charge is 0.349 e. The Morgan fingerprint density at radius 2 is 2.14 bits per heavy atom. The lowest BCUT2D eigenvalue weighted by molar-refractivity contribution is -0.386. The number of hydrogen-bond donors (Lipinski definition) is 1. The van der Waals surface area contributed by atoms with E-state index in [1.54, 1.807) is 24.7 Å². The summed E-state index contributed by atoms with van der Waals surface area (Å²) in [5, 5.41) is 21.9. The van der Waals surface area contributed by atoms with Gasteiger partial charge < -0.3 is 5.32 Å². The molecule has 2 aromatic rings. The van der Waals surface area contributed by atoms with Gasteiger partial charge in [-0.15, -0.1) is 0 Å². The molecule has 0 bridgehead atoms. The van der Waals surface area contributed by atoms with E-state index in [2.05, 4.69) is 15.5 Å². The number of nitro groups is 1. The molecular formula is C13H18N6O3. The van der Waals surface area contributed by atoms with Crippen molar-refractivity contribution >= 4 is 11.6 Å².